The molecule has 3 rings (SSSR count). The first-order chi connectivity index (χ1) is 9.59. The van der Waals surface area contributed by atoms with Gasteiger partial charge in [-0.25, -0.2) is 4.68 Å². The number of anilines is 1. The van der Waals surface area contributed by atoms with E-state index in [1.165, 1.54) is 19.3 Å². The summed E-state index contributed by atoms with van der Waals surface area (Å²) in [4.78, 5) is 0. The van der Waals surface area contributed by atoms with E-state index in [1.54, 1.807) is 13.2 Å². The molecule has 0 aliphatic heterocycles. The Morgan fingerprint density at radius 1 is 1.35 bits per heavy atom. The molecule has 1 aromatic heterocycles. The van der Waals surface area contributed by atoms with E-state index in [2.05, 4.69) is 22.4 Å². The molecule has 0 saturated heterocycles. The van der Waals surface area contributed by atoms with Crippen molar-refractivity contribution >= 4 is 5.69 Å². The van der Waals surface area contributed by atoms with E-state index in [0.29, 0.717) is 16.9 Å². The van der Waals surface area contributed by atoms with Gasteiger partial charge >= 0.3 is 0 Å². The van der Waals surface area contributed by atoms with Crippen LogP contribution in [0.15, 0.2) is 18.2 Å². The maximum absolute atomic E-state index is 5.90. The monoisotopic (exact) mass is 273 g/mol. The highest BCUT2D eigenvalue weighted by atomic mass is 16.5. The van der Waals surface area contributed by atoms with Crippen LogP contribution in [0.4, 0.5) is 5.69 Å². The summed E-state index contributed by atoms with van der Waals surface area (Å²) in [6.45, 7) is 3.12. The van der Waals surface area contributed by atoms with Gasteiger partial charge in [0.2, 0.25) is 0 Å². The average Bonchev–Trinajstić information content (AvgIpc) is 2.84. The predicted octanol–water partition coefficient (Wildman–Crippen LogP) is 2.12. The Morgan fingerprint density at radius 3 is 2.80 bits per heavy atom. The van der Waals surface area contributed by atoms with Crippen LogP contribution in [0.25, 0.3) is 11.4 Å². The van der Waals surface area contributed by atoms with E-state index in [9.17, 15) is 0 Å². The molecule has 0 spiro atoms. The van der Waals surface area contributed by atoms with Crippen molar-refractivity contribution in [2.75, 3.05) is 12.8 Å². The quantitative estimate of drug-likeness (QED) is 0.863. The molecule has 0 amide bonds. The van der Waals surface area contributed by atoms with Crippen LogP contribution in [0.3, 0.4) is 0 Å². The van der Waals surface area contributed by atoms with Crippen LogP contribution in [-0.2, 0) is 6.54 Å². The SMILES string of the molecule is COc1cc(N)cc(-c2nnnn2CC2(C)CCC2)c1. The van der Waals surface area contributed by atoms with Gasteiger partial charge in [-0.15, -0.1) is 5.10 Å². The maximum atomic E-state index is 5.90. The number of hydrogen-bond donors (Lipinski definition) is 1. The minimum absolute atomic E-state index is 0.314. The molecule has 0 atom stereocenters. The fraction of sp³-hybridized carbons (Fsp3) is 0.500. The molecule has 20 heavy (non-hydrogen) atoms. The summed E-state index contributed by atoms with van der Waals surface area (Å²) >= 11 is 0. The zero-order chi connectivity index (χ0) is 14.2. The van der Waals surface area contributed by atoms with Gasteiger partial charge in [0.25, 0.3) is 0 Å². The van der Waals surface area contributed by atoms with E-state index in [4.69, 9.17) is 10.5 Å². The zero-order valence-corrected chi connectivity index (χ0v) is 11.8. The minimum Gasteiger partial charge on any atom is -0.497 e. The number of nitrogen functional groups attached to an aromatic ring is 1. The first-order valence-corrected chi connectivity index (χ1v) is 6.81. The lowest BCUT2D eigenvalue weighted by atomic mass is 9.70. The first-order valence-electron chi connectivity index (χ1n) is 6.81. The third kappa shape index (κ3) is 2.33. The van der Waals surface area contributed by atoms with Gasteiger partial charge in [-0.2, -0.15) is 0 Å². The number of nitrogens with zero attached hydrogens (tertiary/aromatic N) is 4. The lowest BCUT2D eigenvalue weighted by molar-refractivity contribution is 0.126. The minimum atomic E-state index is 0.314. The number of aromatic nitrogens is 4. The van der Waals surface area contributed by atoms with Crippen molar-refractivity contribution in [2.45, 2.75) is 32.7 Å². The predicted molar refractivity (Wildman–Crippen MR) is 76.2 cm³/mol. The lowest BCUT2D eigenvalue weighted by Crippen LogP contribution is -2.31. The third-order valence-corrected chi connectivity index (χ3v) is 4.05. The van der Waals surface area contributed by atoms with Gasteiger partial charge in [0.1, 0.15) is 5.75 Å². The number of ether oxygens (including phenoxy) is 1. The lowest BCUT2D eigenvalue weighted by Gasteiger charge is -2.38. The van der Waals surface area contributed by atoms with Crippen LogP contribution in [0.1, 0.15) is 26.2 Å². The Bertz CT molecular complexity index is 618. The third-order valence-electron chi connectivity index (χ3n) is 4.05. The molecule has 0 radical (unpaired) electrons. The summed E-state index contributed by atoms with van der Waals surface area (Å²) in [7, 11) is 1.62. The largest absolute Gasteiger partial charge is 0.497 e. The highest BCUT2D eigenvalue weighted by Gasteiger charge is 2.33. The molecule has 2 aromatic rings. The van der Waals surface area contributed by atoms with Crippen LogP contribution in [-0.4, -0.2) is 27.3 Å². The molecule has 2 N–H and O–H groups in total. The van der Waals surface area contributed by atoms with Crippen molar-refractivity contribution in [3.8, 4) is 17.1 Å². The highest BCUT2D eigenvalue weighted by Crippen LogP contribution is 2.42. The van der Waals surface area contributed by atoms with Gasteiger partial charge < -0.3 is 10.5 Å². The van der Waals surface area contributed by atoms with Gasteiger partial charge in [-0.1, -0.05) is 13.3 Å². The van der Waals surface area contributed by atoms with Gasteiger partial charge in [0.05, 0.1) is 13.7 Å². The fourth-order valence-corrected chi connectivity index (χ4v) is 2.69. The van der Waals surface area contributed by atoms with E-state index in [0.717, 1.165) is 17.9 Å². The van der Waals surface area contributed by atoms with E-state index >= 15 is 0 Å². The molecule has 1 heterocycles. The van der Waals surface area contributed by atoms with Gasteiger partial charge in [-0.3, -0.25) is 0 Å². The molecule has 1 fully saturated rings. The Morgan fingerprint density at radius 2 is 2.15 bits per heavy atom. The molecule has 6 nitrogen and oxygen atoms in total. The van der Waals surface area contributed by atoms with Crippen LogP contribution in [0.5, 0.6) is 5.75 Å². The molecule has 106 valence electrons. The van der Waals surface area contributed by atoms with Gasteiger partial charge in [-0.05, 0) is 40.8 Å². The molecule has 1 aromatic carbocycles. The smallest absolute Gasteiger partial charge is 0.182 e. The summed E-state index contributed by atoms with van der Waals surface area (Å²) in [5.74, 6) is 1.45. The standard InChI is InChI=1S/C14H19N5O/c1-14(4-3-5-14)9-19-13(16-17-18-19)10-6-11(15)8-12(7-10)20-2/h6-8H,3-5,9,15H2,1-2H3. The summed E-state index contributed by atoms with van der Waals surface area (Å²) in [6, 6.07) is 5.56. The Balaban J connectivity index is 1.94. The number of hydrogen-bond acceptors (Lipinski definition) is 5. The summed E-state index contributed by atoms with van der Waals surface area (Å²) in [5.41, 5.74) is 7.74. The summed E-state index contributed by atoms with van der Waals surface area (Å²) < 4.78 is 7.12. The van der Waals surface area contributed by atoms with Crippen molar-refractivity contribution in [2.24, 2.45) is 5.41 Å². The molecular formula is C14H19N5O. The zero-order valence-electron chi connectivity index (χ0n) is 11.8. The fourth-order valence-electron chi connectivity index (χ4n) is 2.69. The number of nitrogens with two attached hydrogens (primary N) is 1. The maximum Gasteiger partial charge on any atom is 0.182 e. The van der Waals surface area contributed by atoms with Crippen LogP contribution in [0, 0.1) is 5.41 Å². The highest BCUT2D eigenvalue weighted by molar-refractivity contribution is 5.64. The number of tetrazole rings is 1. The molecule has 6 heteroatoms. The number of benzene rings is 1. The Hall–Kier alpha value is -2.11. The second-order valence-corrected chi connectivity index (χ2v) is 5.82. The molecule has 1 aliphatic carbocycles. The van der Waals surface area contributed by atoms with Crippen molar-refractivity contribution in [3.05, 3.63) is 18.2 Å². The molecule has 1 saturated carbocycles. The first kappa shape index (κ1) is 12.9. The number of rotatable bonds is 4. The molecule has 0 bridgehead atoms. The van der Waals surface area contributed by atoms with Crippen molar-refractivity contribution in [3.63, 3.8) is 0 Å². The Labute approximate surface area is 117 Å². The van der Waals surface area contributed by atoms with Crippen LogP contribution >= 0.6 is 0 Å². The van der Waals surface area contributed by atoms with E-state index < -0.39 is 0 Å². The molecular weight excluding hydrogens is 254 g/mol. The summed E-state index contributed by atoms with van der Waals surface area (Å²) in [5, 5.41) is 12.1. The van der Waals surface area contributed by atoms with E-state index in [1.807, 2.05) is 16.8 Å². The van der Waals surface area contributed by atoms with Gasteiger partial charge in [0, 0.05) is 17.3 Å². The van der Waals surface area contributed by atoms with Gasteiger partial charge in [0.15, 0.2) is 5.82 Å². The van der Waals surface area contributed by atoms with Crippen molar-refractivity contribution < 1.29 is 4.74 Å². The molecule has 1 aliphatic rings. The van der Waals surface area contributed by atoms with E-state index in [-0.39, 0.29) is 0 Å². The normalized spacial score (nSPS) is 16.7. The second-order valence-electron chi connectivity index (χ2n) is 5.82. The topological polar surface area (TPSA) is 78.8 Å². The van der Waals surface area contributed by atoms with Crippen molar-refractivity contribution in [1.82, 2.24) is 20.2 Å². The van der Waals surface area contributed by atoms with Crippen LogP contribution < -0.4 is 10.5 Å². The van der Waals surface area contributed by atoms with Crippen molar-refractivity contribution in [1.29, 1.82) is 0 Å². The molecule has 0 unspecified atom stereocenters. The Kier molecular flexibility index (Phi) is 3.08. The summed E-state index contributed by atoms with van der Waals surface area (Å²) in [6.07, 6.45) is 3.75. The average molecular weight is 273 g/mol. The number of methoxy groups -OCH3 is 1. The second kappa shape index (κ2) is 4.77. The van der Waals surface area contributed by atoms with Crippen LogP contribution in [0.2, 0.25) is 0 Å².